The number of carbonyl (C=O) groups is 2. The summed E-state index contributed by atoms with van der Waals surface area (Å²) in [5.41, 5.74) is 5.03. The molecule has 1 heterocycles. The second kappa shape index (κ2) is 8.08. The number of rotatable bonds is 6. The monoisotopic (exact) mass is 363 g/mol. The molecule has 0 saturated carbocycles. The molecule has 27 heavy (non-hydrogen) atoms. The molecule has 5 nitrogen and oxygen atoms in total. The van der Waals surface area contributed by atoms with Crippen LogP contribution in [-0.2, 0) is 16.0 Å². The molecule has 0 aliphatic carbocycles. The largest absolute Gasteiger partial charge is 0.361 e. The van der Waals surface area contributed by atoms with Gasteiger partial charge in [0.15, 0.2) is 0 Å². The topological polar surface area (TPSA) is 65.2 Å². The highest BCUT2D eigenvalue weighted by atomic mass is 16.2. The van der Waals surface area contributed by atoms with Gasteiger partial charge in [-0.05, 0) is 36.6 Å². The fourth-order valence-corrected chi connectivity index (χ4v) is 3.48. The molecule has 1 aromatic heterocycles. The average Bonchev–Trinajstić information content (AvgIpc) is 3.03. The van der Waals surface area contributed by atoms with Crippen molar-refractivity contribution in [3.05, 3.63) is 65.4 Å². The van der Waals surface area contributed by atoms with Gasteiger partial charge in [0.25, 0.3) is 0 Å². The van der Waals surface area contributed by atoms with Crippen LogP contribution in [0.5, 0.6) is 0 Å². The maximum atomic E-state index is 12.3. The van der Waals surface area contributed by atoms with Gasteiger partial charge in [-0.25, -0.2) is 0 Å². The third kappa shape index (κ3) is 4.19. The maximum absolute atomic E-state index is 12.3. The molecule has 2 amide bonds. The van der Waals surface area contributed by atoms with Crippen molar-refractivity contribution in [1.82, 2.24) is 10.3 Å². The second-order valence-corrected chi connectivity index (χ2v) is 6.80. The molecule has 3 rings (SSSR count). The molecule has 0 bridgehead atoms. The summed E-state index contributed by atoms with van der Waals surface area (Å²) in [6.07, 6.45) is 2.19. The van der Waals surface area contributed by atoms with Gasteiger partial charge < -0.3 is 15.2 Å². The maximum Gasteiger partial charge on any atom is 0.224 e. The number of aromatic nitrogens is 1. The molecular formula is C22H25N3O2. The Morgan fingerprint density at radius 1 is 1.04 bits per heavy atom. The highest BCUT2D eigenvalue weighted by molar-refractivity contribution is 5.93. The number of para-hydroxylation sites is 2. The summed E-state index contributed by atoms with van der Waals surface area (Å²) in [5, 5.41) is 4.00. The van der Waals surface area contributed by atoms with Crippen LogP contribution >= 0.6 is 0 Å². The van der Waals surface area contributed by atoms with Crippen LogP contribution in [0.25, 0.3) is 10.9 Å². The standard InChI is InChI=1S/C22H25N3O2/c1-15-7-6-8-16(2)22(15)25(17(3)26)12-11-23-21(27)13-18-14-24-20-10-5-4-9-19(18)20/h4-10,14,24H,11-13H2,1-3H3,(H,23,27). The van der Waals surface area contributed by atoms with Crippen LogP contribution in [0.4, 0.5) is 5.69 Å². The molecule has 0 unspecified atom stereocenters. The van der Waals surface area contributed by atoms with Gasteiger partial charge in [-0.2, -0.15) is 0 Å². The lowest BCUT2D eigenvalue weighted by atomic mass is 10.1. The fraction of sp³-hybridized carbons (Fsp3) is 0.273. The number of anilines is 1. The van der Waals surface area contributed by atoms with Crippen molar-refractivity contribution in [1.29, 1.82) is 0 Å². The van der Waals surface area contributed by atoms with Crippen LogP contribution < -0.4 is 10.2 Å². The first-order valence-electron chi connectivity index (χ1n) is 9.13. The number of carbonyl (C=O) groups excluding carboxylic acids is 2. The minimum atomic E-state index is -0.0511. The van der Waals surface area contributed by atoms with E-state index in [1.165, 1.54) is 0 Å². The number of benzene rings is 2. The Morgan fingerprint density at radius 3 is 2.44 bits per heavy atom. The van der Waals surface area contributed by atoms with E-state index in [9.17, 15) is 9.59 Å². The molecule has 0 aliphatic heterocycles. The van der Waals surface area contributed by atoms with Crippen molar-refractivity contribution in [2.45, 2.75) is 27.2 Å². The van der Waals surface area contributed by atoms with Gasteiger partial charge in [0.2, 0.25) is 11.8 Å². The van der Waals surface area contributed by atoms with Gasteiger partial charge in [0, 0.05) is 42.8 Å². The van der Waals surface area contributed by atoms with Crippen LogP contribution in [0.3, 0.4) is 0 Å². The number of aromatic amines is 1. The molecule has 5 heteroatoms. The van der Waals surface area contributed by atoms with E-state index < -0.39 is 0 Å². The number of nitrogens with zero attached hydrogens (tertiary/aromatic N) is 1. The van der Waals surface area contributed by atoms with E-state index in [0.29, 0.717) is 19.5 Å². The molecule has 0 radical (unpaired) electrons. The van der Waals surface area contributed by atoms with Gasteiger partial charge >= 0.3 is 0 Å². The van der Waals surface area contributed by atoms with E-state index in [1.54, 1.807) is 11.8 Å². The third-order valence-corrected chi connectivity index (χ3v) is 4.77. The SMILES string of the molecule is CC(=O)N(CCNC(=O)Cc1c[nH]c2ccccc12)c1c(C)cccc1C. The predicted molar refractivity (Wildman–Crippen MR) is 109 cm³/mol. The molecule has 0 aliphatic rings. The number of fused-ring (bicyclic) bond motifs is 1. The molecular weight excluding hydrogens is 338 g/mol. The van der Waals surface area contributed by atoms with Crippen molar-refractivity contribution in [3.63, 3.8) is 0 Å². The van der Waals surface area contributed by atoms with E-state index in [1.807, 2.05) is 62.5 Å². The zero-order valence-electron chi connectivity index (χ0n) is 16.0. The normalized spacial score (nSPS) is 10.8. The molecule has 0 atom stereocenters. The van der Waals surface area contributed by atoms with Crippen molar-refractivity contribution >= 4 is 28.4 Å². The first kappa shape index (κ1) is 18.7. The van der Waals surface area contributed by atoms with Gasteiger partial charge in [-0.15, -0.1) is 0 Å². The Hall–Kier alpha value is -3.08. The van der Waals surface area contributed by atoms with E-state index >= 15 is 0 Å². The lowest BCUT2D eigenvalue weighted by Gasteiger charge is -2.25. The zero-order valence-corrected chi connectivity index (χ0v) is 16.0. The summed E-state index contributed by atoms with van der Waals surface area (Å²) in [6.45, 7) is 6.40. The van der Waals surface area contributed by atoms with Gasteiger partial charge in [0.1, 0.15) is 0 Å². The number of amides is 2. The second-order valence-electron chi connectivity index (χ2n) is 6.80. The smallest absolute Gasteiger partial charge is 0.224 e. The first-order chi connectivity index (χ1) is 13.0. The Morgan fingerprint density at radius 2 is 1.74 bits per heavy atom. The summed E-state index contributed by atoms with van der Waals surface area (Å²) in [6, 6.07) is 13.9. The zero-order chi connectivity index (χ0) is 19.4. The summed E-state index contributed by atoms with van der Waals surface area (Å²) in [5.74, 6) is -0.0805. The number of H-pyrrole nitrogens is 1. The van der Waals surface area contributed by atoms with Gasteiger partial charge in [-0.1, -0.05) is 36.4 Å². The number of nitrogens with one attached hydrogen (secondary N) is 2. The summed E-state index contributed by atoms with van der Waals surface area (Å²) in [7, 11) is 0. The van der Waals surface area contributed by atoms with Crippen molar-refractivity contribution in [2.75, 3.05) is 18.0 Å². The van der Waals surface area contributed by atoms with Gasteiger partial charge in [0.05, 0.1) is 6.42 Å². The van der Waals surface area contributed by atoms with Crippen LogP contribution in [0.1, 0.15) is 23.6 Å². The third-order valence-electron chi connectivity index (χ3n) is 4.77. The predicted octanol–water partition coefficient (Wildman–Crippen LogP) is 3.50. The number of hydrogen-bond donors (Lipinski definition) is 2. The molecule has 3 aromatic rings. The van der Waals surface area contributed by atoms with E-state index in [-0.39, 0.29) is 11.8 Å². The molecule has 2 aromatic carbocycles. The first-order valence-corrected chi connectivity index (χ1v) is 9.13. The minimum absolute atomic E-state index is 0.0294. The molecule has 140 valence electrons. The van der Waals surface area contributed by atoms with E-state index in [0.717, 1.165) is 33.3 Å². The number of aryl methyl sites for hydroxylation is 2. The summed E-state index contributed by atoms with van der Waals surface area (Å²) in [4.78, 5) is 29.4. The van der Waals surface area contributed by atoms with Crippen molar-refractivity contribution in [2.24, 2.45) is 0 Å². The summed E-state index contributed by atoms with van der Waals surface area (Å²) >= 11 is 0. The van der Waals surface area contributed by atoms with Gasteiger partial charge in [-0.3, -0.25) is 9.59 Å². The lowest BCUT2D eigenvalue weighted by Crippen LogP contribution is -2.38. The molecule has 0 fully saturated rings. The Kier molecular flexibility index (Phi) is 5.60. The van der Waals surface area contributed by atoms with E-state index in [2.05, 4.69) is 10.3 Å². The van der Waals surface area contributed by atoms with Crippen LogP contribution in [0, 0.1) is 13.8 Å². The molecule has 0 saturated heterocycles. The van der Waals surface area contributed by atoms with Crippen molar-refractivity contribution < 1.29 is 9.59 Å². The Labute approximate surface area is 159 Å². The van der Waals surface area contributed by atoms with Crippen LogP contribution in [0.2, 0.25) is 0 Å². The van der Waals surface area contributed by atoms with E-state index in [4.69, 9.17) is 0 Å². The Bertz CT molecular complexity index is 954. The quantitative estimate of drug-likeness (QED) is 0.704. The Balaban J connectivity index is 1.62. The minimum Gasteiger partial charge on any atom is -0.361 e. The van der Waals surface area contributed by atoms with Crippen LogP contribution in [-0.4, -0.2) is 29.9 Å². The summed E-state index contributed by atoms with van der Waals surface area (Å²) < 4.78 is 0. The fourth-order valence-electron chi connectivity index (χ4n) is 3.48. The van der Waals surface area contributed by atoms with Crippen LogP contribution in [0.15, 0.2) is 48.7 Å². The van der Waals surface area contributed by atoms with Crippen molar-refractivity contribution in [3.8, 4) is 0 Å². The molecule has 0 spiro atoms. The number of hydrogen-bond acceptors (Lipinski definition) is 2. The highest BCUT2D eigenvalue weighted by Crippen LogP contribution is 2.24. The average molecular weight is 363 g/mol. The lowest BCUT2D eigenvalue weighted by molar-refractivity contribution is -0.121. The molecule has 2 N–H and O–H groups in total. The highest BCUT2D eigenvalue weighted by Gasteiger charge is 2.16.